The van der Waals surface area contributed by atoms with Gasteiger partial charge in [0.15, 0.2) is 0 Å². The summed E-state index contributed by atoms with van der Waals surface area (Å²) >= 11 is 0. The molecule has 1 saturated heterocycles. The molecule has 0 amide bonds. The molecule has 1 rings (SSSR count). The van der Waals surface area contributed by atoms with Crippen molar-refractivity contribution in [1.82, 2.24) is 4.90 Å². The Morgan fingerprint density at radius 1 is 1.08 bits per heavy atom. The SMILES string of the molecule is CCC1CCCCN(C)CCC1. The molecule has 0 aromatic heterocycles. The van der Waals surface area contributed by atoms with Crippen LogP contribution in [0, 0.1) is 5.92 Å². The summed E-state index contributed by atoms with van der Waals surface area (Å²) in [6.07, 6.45) is 8.60. The lowest BCUT2D eigenvalue weighted by atomic mass is 9.95. The molecule has 1 heteroatoms. The highest BCUT2D eigenvalue weighted by Crippen LogP contribution is 2.20. The third kappa shape index (κ3) is 3.57. The highest BCUT2D eigenvalue weighted by molar-refractivity contribution is 4.63. The van der Waals surface area contributed by atoms with Crippen LogP contribution in [0.25, 0.3) is 0 Å². The third-order valence-corrected chi connectivity index (χ3v) is 3.13. The van der Waals surface area contributed by atoms with E-state index in [9.17, 15) is 0 Å². The van der Waals surface area contributed by atoms with E-state index < -0.39 is 0 Å². The van der Waals surface area contributed by atoms with Gasteiger partial charge >= 0.3 is 0 Å². The van der Waals surface area contributed by atoms with Crippen LogP contribution in [0.2, 0.25) is 0 Å². The Morgan fingerprint density at radius 3 is 2.50 bits per heavy atom. The first-order valence-corrected chi connectivity index (χ1v) is 5.51. The smallest absolute Gasteiger partial charge is 0.00217 e. The maximum absolute atomic E-state index is 2.48. The van der Waals surface area contributed by atoms with Gasteiger partial charge in [-0.15, -0.1) is 0 Å². The monoisotopic (exact) mass is 169 g/mol. The van der Waals surface area contributed by atoms with Gasteiger partial charge in [0.1, 0.15) is 0 Å². The molecule has 0 aromatic rings. The topological polar surface area (TPSA) is 3.24 Å². The van der Waals surface area contributed by atoms with Crippen LogP contribution in [0.3, 0.4) is 0 Å². The summed E-state index contributed by atoms with van der Waals surface area (Å²) in [4.78, 5) is 2.48. The summed E-state index contributed by atoms with van der Waals surface area (Å²) in [7, 11) is 2.26. The van der Waals surface area contributed by atoms with Gasteiger partial charge in [-0.1, -0.05) is 26.2 Å². The first-order valence-electron chi connectivity index (χ1n) is 5.51. The van der Waals surface area contributed by atoms with Crippen molar-refractivity contribution >= 4 is 0 Å². The predicted molar refractivity (Wildman–Crippen MR) is 54.4 cm³/mol. The Hall–Kier alpha value is -0.0400. The lowest BCUT2D eigenvalue weighted by Gasteiger charge is -2.14. The zero-order valence-electron chi connectivity index (χ0n) is 8.68. The van der Waals surface area contributed by atoms with Crippen LogP contribution in [0.15, 0.2) is 0 Å². The molecule has 72 valence electrons. The molecule has 0 aliphatic carbocycles. The number of hydrogen-bond acceptors (Lipinski definition) is 1. The normalized spacial score (nSPS) is 29.0. The van der Waals surface area contributed by atoms with Crippen LogP contribution in [0.4, 0.5) is 0 Å². The molecular weight excluding hydrogens is 146 g/mol. The van der Waals surface area contributed by atoms with Crippen LogP contribution in [-0.4, -0.2) is 25.0 Å². The molecule has 1 unspecified atom stereocenters. The highest BCUT2D eigenvalue weighted by Gasteiger charge is 2.09. The van der Waals surface area contributed by atoms with Gasteiger partial charge in [-0.25, -0.2) is 0 Å². The van der Waals surface area contributed by atoms with Gasteiger partial charge < -0.3 is 4.90 Å². The van der Waals surface area contributed by atoms with Gasteiger partial charge in [0, 0.05) is 0 Å². The van der Waals surface area contributed by atoms with Crippen molar-refractivity contribution in [2.24, 2.45) is 5.92 Å². The predicted octanol–water partition coefficient (Wildman–Crippen LogP) is 2.91. The molecule has 0 N–H and O–H groups in total. The molecule has 0 radical (unpaired) electrons. The van der Waals surface area contributed by atoms with Crippen LogP contribution in [-0.2, 0) is 0 Å². The molecule has 1 atom stereocenters. The second kappa shape index (κ2) is 5.58. The van der Waals surface area contributed by atoms with Crippen LogP contribution >= 0.6 is 0 Å². The summed E-state index contributed by atoms with van der Waals surface area (Å²) in [5, 5.41) is 0. The van der Waals surface area contributed by atoms with Crippen molar-refractivity contribution in [3.8, 4) is 0 Å². The Balaban J connectivity index is 2.26. The van der Waals surface area contributed by atoms with Crippen molar-refractivity contribution in [3.05, 3.63) is 0 Å². The summed E-state index contributed by atoms with van der Waals surface area (Å²) in [6, 6.07) is 0. The molecule has 1 heterocycles. The van der Waals surface area contributed by atoms with E-state index in [0.29, 0.717) is 0 Å². The fourth-order valence-corrected chi connectivity index (χ4v) is 2.13. The maximum atomic E-state index is 2.48. The summed E-state index contributed by atoms with van der Waals surface area (Å²) in [6.45, 7) is 4.97. The minimum absolute atomic E-state index is 1.02. The van der Waals surface area contributed by atoms with E-state index in [1.165, 1.54) is 51.6 Å². The quantitative estimate of drug-likeness (QED) is 0.583. The fourth-order valence-electron chi connectivity index (χ4n) is 2.13. The van der Waals surface area contributed by atoms with E-state index >= 15 is 0 Å². The summed E-state index contributed by atoms with van der Waals surface area (Å²) in [5.74, 6) is 1.02. The average Bonchev–Trinajstić information content (AvgIpc) is 2.17. The Kier molecular flexibility index (Phi) is 4.67. The molecule has 0 aromatic carbocycles. The maximum Gasteiger partial charge on any atom is -0.00217 e. The third-order valence-electron chi connectivity index (χ3n) is 3.13. The zero-order chi connectivity index (χ0) is 8.81. The molecule has 0 spiro atoms. The van der Waals surface area contributed by atoms with Gasteiger partial charge in [-0.2, -0.15) is 0 Å². The number of hydrogen-bond donors (Lipinski definition) is 0. The summed E-state index contributed by atoms with van der Waals surface area (Å²) < 4.78 is 0. The lowest BCUT2D eigenvalue weighted by Crippen LogP contribution is -2.20. The largest absolute Gasteiger partial charge is 0.306 e. The Bertz CT molecular complexity index is 112. The highest BCUT2D eigenvalue weighted by atomic mass is 15.1. The first-order chi connectivity index (χ1) is 5.83. The van der Waals surface area contributed by atoms with E-state index in [0.717, 1.165) is 5.92 Å². The minimum atomic E-state index is 1.02. The second-order valence-corrected chi connectivity index (χ2v) is 4.22. The van der Waals surface area contributed by atoms with E-state index in [1.54, 1.807) is 0 Å². The van der Waals surface area contributed by atoms with Gasteiger partial charge in [-0.3, -0.25) is 0 Å². The standard InChI is InChI=1S/C11H23N/c1-3-11-7-4-5-9-12(2)10-6-8-11/h11H,3-10H2,1-2H3. The van der Waals surface area contributed by atoms with Gasteiger partial charge in [0.25, 0.3) is 0 Å². The molecule has 0 saturated carbocycles. The van der Waals surface area contributed by atoms with Gasteiger partial charge in [0.2, 0.25) is 0 Å². The Morgan fingerprint density at radius 2 is 1.75 bits per heavy atom. The molecule has 1 nitrogen and oxygen atoms in total. The van der Waals surface area contributed by atoms with Crippen molar-refractivity contribution in [2.75, 3.05) is 20.1 Å². The molecule has 1 aliphatic rings. The van der Waals surface area contributed by atoms with E-state index in [1.807, 2.05) is 0 Å². The summed E-state index contributed by atoms with van der Waals surface area (Å²) in [5.41, 5.74) is 0. The average molecular weight is 169 g/mol. The lowest BCUT2D eigenvalue weighted by molar-refractivity contribution is 0.324. The number of rotatable bonds is 1. The van der Waals surface area contributed by atoms with Crippen molar-refractivity contribution in [1.29, 1.82) is 0 Å². The van der Waals surface area contributed by atoms with Gasteiger partial charge in [0.05, 0.1) is 0 Å². The number of nitrogens with zero attached hydrogens (tertiary/aromatic N) is 1. The molecule has 1 fully saturated rings. The molecule has 1 aliphatic heterocycles. The van der Waals surface area contributed by atoms with Crippen LogP contribution in [0.5, 0.6) is 0 Å². The van der Waals surface area contributed by atoms with E-state index in [4.69, 9.17) is 0 Å². The van der Waals surface area contributed by atoms with E-state index in [-0.39, 0.29) is 0 Å². The second-order valence-electron chi connectivity index (χ2n) is 4.22. The van der Waals surface area contributed by atoms with Gasteiger partial charge in [-0.05, 0) is 45.3 Å². The van der Waals surface area contributed by atoms with Crippen molar-refractivity contribution in [2.45, 2.75) is 45.4 Å². The minimum Gasteiger partial charge on any atom is -0.306 e. The van der Waals surface area contributed by atoms with E-state index in [2.05, 4.69) is 18.9 Å². The molecule has 0 bridgehead atoms. The first kappa shape index (κ1) is 10.0. The van der Waals surface area contributed by atoms with Crippen LogP contribution < -0.4 is 0 Å². The fraction of sp³-hybridized carbons (Fsp3) is 1.00. The van der Waals surface area contributed by atoms with Crippen molar-refractivity contribution < 1.29 is 0 Å². The molecule has 12 heavy (non-hydrogen) atoms. The zero-order valence-corrected chi connectivity index (χ0v) is 8.68. The van der Waals surface area contributed by atoms with Crippen LogP contribution in [0.1, 0.15) is 45.4 Å². The molecular formula is C11H23N. The Labute approximate surface area is 77.1 Å². The van der Waals surface area contributed by atoms with Crippen molar-refractivity contribution in [3.63, 3.8) is 0 Å².